The molecule has 0 spiro atoms. The molecule has 298 valence electrons. The molecule has 0 unspecified atom stereocenters. The van der Waals surface area contributed by atoms with Gasteiger partial charge < -0.3 is 4.42 Å². The monoisotopic (exact) mass is 793 g/mol. The van der Waals surface area contributed by atoms with Gasteiger partial charge >= 0.3 is 0 Å². The molecule has 0 bridgehead atoms. The fourth-order valence-corrected chi connectivity index (χ4v) is 9.56. The lowest BCUT2D eigenvalue weighted by molar-refractivity contribution is 0.556. The third-order valence-corrected chi connectivity index (χ3v) is 12.4. The Morgan fingerprint density at radius 2 is 0.869 bits per heavy atom. The van der Waals surface area contributed by atoms with Crippen LogP contribution in [0.3, 0.4) is 0 Å². The molecule has 0 aliphatic heterocycles. The summed E-state index contributed by atoms with van der Waals surface area (Å²) in [7, 11) is 0. The first-order chi connectivity index (χ1) is 29.3. The highest BCUT2D eigenvalue weighted by Crippen LogP contribution is 2.46. The van der Waals surface area contributed by atoms with Gasteiger partial charge in [-0.1, -0.05) is 151 Å². The lowest BCUT2D eigenvalue weighted by Gasteiger charge is -2.22. The van der Waals surface area contributed by atoms with Crippen molar-refractivity contribution in [3.05, 3.63) is 162 Å². The number of rotatable bonds is 4. The summed E-state index contributed by atoms with van der Waals surface area (Å²) < 4.78 is 11.4. The molecular weight excluding hydrogens is 747 g/mol. The highest BCUT2D eigenvalue weighted by Gasteiger charge is 2.29. The molecule has 0 atom stereocenters. The van der Waals surface area contributed by atoms with E-state index in [9.17, 15) is 0 Å². The van der Waals surface area contributed by atoms with Crippen molar-refractivity contribution in [3.8, 4) is 34.4 Å². The van der Waals surface area contributed by atoms with Crippen LogP contribution in [0.1, 0.15) is 63.8 Å². The minimum atomic E-state index is -0.114. The predicted molar refractivity (Wildman–Crippen MR) is 254 cm³/mol. The first kappa shape index (κ1) is 37.0. The van der Waals surface area contributed by atoms with Gasteiger partial charge in [-0.3, -0.25) is 9.13 Å². The first-order valence-corrected chi connectivity index (χ1v) is 21.2. The van der Waals surface area contributed by atoms with Crippen LogP contribution < -0.4 is 0 Å². The second kappa shape index (κ2) is 13.2. The Labute approximate surface area is 355 Å². The average molecular weight is 794 g/mol. The van der Waals surface area contributed by atoms with E-state index in [1.807, 2.05) is 0 Å². The molecule has 11 aromatic rings. The number of fused-ring (bicyclic) bond motifs is 9. The molecule has 0 aliphatic carbocycles. The molecule has 7 aromatic carbocycles. The van der Waals surface area contributed by atoms with Crippen LogP contribution in [-0.4, -0.2) is 24.1 Å². The molecule has 0 saturated carbocycles. The molecule has 0 fully saturated rings. The zero-order chi connectivity index (χ0) is 41.9. The molecule has 4 heterocycles. The first-order valence-electron chi connectivity index (χ1n) is 21.2. The maximum Gasteiger partial charge on any atom is 0.240 e. The summed E-state index contributed by atoms with van der Waals surface area (Å²) >= 11 is 0. The van der Waals surface area contributed by atoms with Gasteiger partial charge in [-0.25, -0.2) is 0 Å². The second-order valence-electron chi connectivity index (χ2n) is 18.7. The van der Waals surface area contributed by atoms with E-state index in [0.717, 1.165) is 71.3 Å². The SMILES string of the molecule is Cc1cc(C(C)(C)C)c2oc3c(C(C)(C)C)cc(C)c(-c4ccc(-c5nc(-n6c7ccccc7c7ccccc76)nc(-n6c7ccccc7c7ccccc76)n5)cc4)c3c2c1. The fraction of sp³-hybridized carbons (Fsp3) is 0.182. The van der Waals surface area contributed by atoms with E-state index in [4.69, 9.17) is 19.4 Å². The molecule has 4 aromatic heterocycles. The largest absolute Gasteiger partial charge is 0.455 e. The number of para-hydroxylation sites is 4. The summed E-state index contributed by atoms with van der Waals surface area (Å²) in [5.41, 5.74) is 14.0. The summed E-state index contributed by atoms with van der Waals surface area (Å²) in [5.74, 6) is 1.72. The average Bonchev–Trinajstić information content (AvgIpc) is 3.90. The normalized spacial score (nSPS) is 12.6. The summed E-state index contributed by atoms with van der Waals surface area (Å²) in [6.07, 6.45) is 0. The molecule has 0 saturated heterocycles. The molecule has 61 heavy (non-hydrogen) atoms. The third kappa shape index (κ3) is 5.72. The third-order valence-electron chi connectivity index (χ3n) is 12.4. The maximum absolute atomic E-state index is 7.02. The van der Waals surface area contributed by atoms with Crippen LogP contribution in [0.4, 0.5) is 0 Å². The molecular formula is C55H47N5O. The molecule has 0 amide bonds. The van der Waals surface area contributed by atoms with E-state index in [1.54, 1.807) is 0 Å². The Bertz CT molecular complexity index is 3330. The van der Waals surface area contributed by atoms with E-state index in [1.165, 1.54) is 33.2 Å². The lowest BCUT2D eigenvalue weighted by Crippen LogP contribution is -2.12. The van der Waals surface area contributed by atoms with E-state index in [0.29, 0.717) is 17.7 Å². The van der Waals surface area contributed by atoms with Gasteiger partial charge in [0.05, 0.1) is 22.1 Å². The van der Waals surface area contributed by atoms with Crippen molar-refractivity contribution in [1.29, 1.82) is 0 Å². The second-order valence-corrected chi connectivity index (χ2v) is 18.7. The van der Waals surface area contributed by atoms with Crippen molar-refractivity contribution in [2.45, 2.75) is 66.2 Å². The Morgan fingerprint density at radius 3 is 1.33 bits per heavy atom. The van der Waals surface area contributed by atoms with Gasteiger partial charge in [-0.15, -0.1) is 0 Å². The minimum Gasteiger partial charge on any atom is -0.455 e. The van der Waals surface area contributed by atoms with Crippen molar-refractivity contribution in [1.82, 2.24) is 24.1 Å². The minimum absolute atomic E-state index is 0.0857. The van der Waals surface area contributed by atoms with E-state index in [2.05, 4.69) is 204 Å². The van der Waals surface area contributed by atoms with Crippen molar-refractivity contribution < 1.29 is 4.42 Å². The van der Waals surface area contributed by atoms with Crippen LogP contribution in [0.25, 0.3) is 100.0 Å². The quantitative estimate of drug-likeness (QED) is 0.178. The van der Waals surface area contributed by atoms with Gasteiger partial charge in [-0.2, -0.15) is 15.0 Å². The van der Waals surface area contributed by atoms with Crippen LogP contribution in [0.2, 0.25) is 0 Å². The molecule has 0 N–H and O–H groups in total. The smallest absolute Gasteiger partial charge is 0.240 e. The number of furan rings is 1. The number of aryl methyl sites for hydroxylation is 2. The molecule has 11 rings (SSSR count). The van der Waals surface area contributed by atoms with E-state index >= 15 is 0 Å². The van der Waals surface area contributed by atoms with Gasteiger partial charge in [0.25, 0.3) is 0 Å². The van der Waals surface area contributed by atoms with Crippen LogP contribution in [0.15, 0.2) is 144 Å². The lowest BCUT2D eigenvalue weighted by atomic mass is 9.81. The number of hydrogen-bond donors (Lipinski definition) is 0. The van der Waals surface area contributed by atoms with Gasteiger partial charge in [0, 0.05) is 49.0 Å². The zero-order valence-electron chi connectivity index (χ0n) is 35.9. The Hall–Kier alpha value is -7.05. The van der Waals surface area contributed by atoms with Crippen molar-refractivity contribution in [3.63, 3.8) is 0 Å². The van der Waals surface area contributed by atoms with Crippen molar-refractivity contribution in [2.24, 2.45) is 0 Å². The summed E-state index contributed by atoms with van der Waals surface area (Å²) in [4.78, 5) is 16.0. The number of hydrogen-bond acceptors (Lipinski definition) is 4. The van der Waals surface area contributed by atoms with Crippen LogP contribution in [0, 0.1) is 13.8 Å². The number of nitrogens with zero attached hydrogens (tertiary/aromatic N) is 5. The van der Waals surface area contributed by atoms with Gasteiger partial charge in [-0.05, 0) is 77.3 Å². The Kier molecular flexibility index (Phi) is 8.02. The van der Waals surface area contributed by atoms with Gasteiger partial charge in [0.15, 0.2) is 5.82 Å². The molecule has 0 aliphatic rings. The zero-order valence-corrected chi connectivity index (χ0v) is 35.9. The summed E-state index contributed by atoms with van der Waals surface area (Å²) in [6, 6.07) is 49.6. The van der Waals surface area contributed by atoms with E-state index < -0.39 is 0 Å². The predicted octanol–water partition coefficient (Wildman–Crippen LogP) is 14.5. The Morgan fingerprint density at radius 1 is 0.443 bits per heavy atom. The van der Waals surface area contributed by atoms with Gasteiger partial charge in [0.2, 0.25) is 11.9 Å². The maximum atomic E-state index is 7.02. The van der Waals surface area contributed by atoms with Crippen LogP contribution >= 0.6 is 0 Å². The van der Waals surface area contributed by atoms with Gasteiger partial charge in [0.1, 0.15) is 11.2 Å². The van der Waals surface area contributed by atoms with Crippen molar-refractivity contribution >= 4 is 65.6 Å². The number of aromatic nitrogens is 5. The topological polar surface area (TPSA) is 61.7 Å². The number of benzene rings is 7. The van der Waals surface area contributed by atoms with Crippen LogP contribution in [-0.2, 0) is 10.8 Å². The van der Waals surface area contributed by atoms with Crippen LogP contribution in [0.5, 0.6) is 0 Å². The summed E-state index contributed by atoms with van der Waals surface area (Å²) in [5, 5.41) is 6.94. The standard InChI is InChI=1S/C55H47N5O/c1-32-29-40-48-47(33(2)31-42(55(6,7)8)50(48)61-49(40)41(30-32)54(3,4)5)34-25-27-35(28-26-34)51-56-52(59-43-21-13-9-17-36(43)37-18-10-14-22-44(37)59)58-53(57-51)60-45-23-15-11-19-38(45)39-20-12-16-24-46(39)60/h9-31H,1-8H3. The highest BCUT2D eigenvalue weighted by molar-refractivity contribution is 6.15. The summed E-state index contributed by atoms with van der Waals surface area (Å²) in [6.45, 7) is 18.1. The highest BCUT2D eigenvalue weighted by atomic mass is 16.3. The molecule has 6 heteroatoms. The fourth-order valence-electron chi connectivity index (χ4n) is 9.56. The Balaban J connectivity index is 1.15. The molecule has 0 radical (unpaired) electrons. The van der Waals surface area contributed by atoms with E-state index in [-0.39, 0.29) is 10.8 Å². The van der Waals surface area contributed by atoms with Crippen molar-refractivity contribution in [2.75, 3.05) is 0 Å². The molecule has 6 nitrogen and oxygen atoms in total.